The second kappa shape index (κ2) is 6.88. The summed E-state index contributed by atoms with van der Waals surface area (Å²) in [5.41, 5.74) is 0.0561. The molecule has 2 heterocycles. The molecule has 0 N–H and O–H groups in total. The molecule has 9 heteroatoms. The van der Waals surface area contributed by atoms with Gasteiger partial charge in [-0.2, -0.15) is 17.5 Å². The highest BCUT2D eigenvalue weighted by Gasteiger charge is 2.32. The fourth-order valence-corrected chi connectivity index (χ4v) is 4.35. The van der Waals surface area contributed by atoms with Gasteiger partial charge in [0.05, 0.1) is 10.5 Å². The van der Waals surface area contributed by atoms with Crippen molar-refractivity contribution < 1.29 is 21.6 Å². The predicted molar refractivity (Wildman–Crippen MR) is 91.4 cm³/mol. The van der Waals surface area contributed by atoms with Crippen molar-refractivity contribution in [1.82, 2.24) is 9.29 Å². The monoisotopic (exact) mass is 385 g/mol. The summed E-state index contributed by atoms with van der Waals surface area (Å²) in [6, 6.07) is 9.01. The van der Waals surface area contributed by atoms with E-state index in [0.29, 0.717) is 18.9 Å². The summed E-state index contributed by atoms with van der Waals surface area (Å²) in [6.45, 7) is 3.05. The summed E-state index contributed by atoms with van der Waals surface area (Å²) >= 11 is 0. The van der Waals surface area contributed by atoms with Crippen molar-refractivity contribution in [1.29, 1.82) is 0 Å². The van der Waals surface area contributed by atoms with Gasteiger partial charge < -0.3 is 4.90 Å². The number of piperazine rings is 1. The van der Waals surface area contributed by atoms with Crippen LogP contribution in [0.5, 0.6) is 0 Å². The molecule has 1 aliphatic heterocycles. The van der Waals surface area contributed by atoms with Gasteiger partial charge in [0, 0.05) is 32.4 Å². The van der Waals surface area contributed by atoms with Crippen LogP contribution in [0.25, 0.3) is 0 Å². The summed E-state index contributed by atoms with van der Waals surface area (Å²) in [4.78, 5) is 5.89. The van der Waals surface area contributed by atoms with E-state index >= 15 is 0 Å². The Morgan fingerprint density at radius 1 is 1.04 bits per heavy atom. The SMILES string of the molecule is Cc1cccc(S(=O)(=O)N2CCN(c3ccc(C(F)(F)F)cn3)CC2)c1. The highest BCUT2D eigenvalue weighted by atomic mass is 32.2. The minimum absolute atomic E-state index is 0.249. The van der Waals surface area contributed by atoms with E-state index in [9.17, 15) is 21.6 Å². The maximum Gasteiger partial charge on any atom is 0.417 e. The van der Waals surface area contributed by atoms with E-state index in [-0.39, 0.29) is 18.0 Å². The van der Waals surface area contributed by atoms with Crippen molar-refractivity contribution in [2.24, 2.45) is 0 Å². The molecule has 0 aliphatic carbocycles. The third kappa shape index (κ3) is 3.83. The number of aromatic nitrogens is 1. The van der Waals surface area contributed by atoms with Crippen LogP contribution >= 0.6 is 0 Å². The van der Waals surface area contributed by atoms with E-state index in [4.69, 9.17) is 0 Å². The van der Waals surface area contributed by atoms with Gasteiger partial charge in [0.15, 0.2) is 0 Å². The maximum atomic E-state index is 12.7. The Kier molecular flexibility index (Phi) is 4.94. The number of halogens is 3. The molecule has 1 aromatic carbocycles. The van der Waals surface area contributed by atoms with E-state index in [1.165, 1.54) is 10.4 Å². The molecule has 26 heavy (non-hydrogen) atoms. The van der Waals surface area contributed by atoms with Crippen LogP contribution in [-0.4, -0.2) is 43.9 Å². The number of aryl methyl sites for hydroxylation is 1. The molecule has 1 fully saturated rings. The van der Waals surface area contributed by atoms with Crippen LogP contribution in [-0.2, 0) is 16.2 Å². The van der Waals surface area contributed by atoms with Crippen molar-refractivity contribution in [3.63, 3.8) is 0 Å². The number of anilines is 1. The molecule has 5 nitrogen and oxygen atoms in total. The van der Waals surface area contributed by atoms with Crippen molar-refractivity contribution in [3.8, 4) is 0 Å². The summed E-state index contributed by atoms with van der Waals surface area (Å²) in [5, 5.41) is 0. The third-order valence-corrected chi connectivity index (χ3v) is 6.16. The van der Waals surface area contributed by atoms with Gasteiger partial charge >= 0.3 is 6.18 Å². The topological polar surface area (TPSA) is 53.5 Å². The van der Waals surface area contributed by atoms with Gasteiger partial charge in [0.2, 0.25) is 10.0 Å². The first-order valence-electron chi connectivity index (χ1n) is 8.03. The fourth-order valence-electron chi connectivity index (χ4n) is 2.82. The molecule has 0 unspecified atom stereocenters. The largest absolute Gasteiger partial charge is 0.417 e. The van der Waals surface area contributed by atoms with Gasteiger partial charge in [-0.05, 0) is 36.8 Å². The van der Waals surface area contributed by atoms with Crippen LogP contribution in [0.3, 0.4) is 0 Å². The lowest BCUT2D eigenvalue weighted by atomic mass is 10.2. The van der Waals surface area contributed by atoms with Crippen LogP contribution < -0.4 is 4.90 Å². The van der Waals surface area contributed by atoms with Gasteiger partial charge in [-0.15, -0.1) is 0 Å². The number of hydrogen-bond acceptors (Lipinski definition) is 4. The molecule has 0 atom stereocenters. The lowest BCUT2D eigenvalue weighted by molar-refractivity contribution is -0.137. The van der Waals surface area contributed by atoms with Crippen LogP contribution in [0.4, 0.5) is 19.0 Å². The van der Waals surface area contributed by atoms with Gasteiger partial charge in [0.1, 0.15) is 5.82 Å². The second-order valence-electron chi connectivity index (χ2n) is 6.11. The quantitative estimate of drug-likeness (QED) is 0.815. The number of rotatable bonds is 3. The molecule has 1 aromatic heterocycles. The van der Waals surface area contributed by atoms with Crippen LogP contribution in [0.15, 0.2) is 47.5 Å². The molecule has 1 saturated heterocycles. The van der Waals surface area contributed by atoms with Crippen molar-refractivity contribution in [3.05, 3.63) is 53.7 Å². The Morgan fingerprint density at radius 3 is 2.27 bits per heavy atom. The molecule has 140 valence electrons. The minimum Gasteiger partial charge on any atom is -0.354 e. The zero-order valence-electron chi connectivity index (χ0n) is 14.1. The second-order valence-corrected chi connectivity index (χ2v) is 8.05. The normalized spacial score (nSPS) is 16.7. The Labute approximate surface area is 150 Å². The van der Waals surface area contributed by atoms with Crippen molar-refractivity contribution >= 4 is 15.8 Å². The first kappa shape index (κ1) is 18.7. The Bertz CT molecular complexity index is 875. The molecular formula is C17H18F3N3O2S. The first-order valence-corrected chi connectivity index (χ1v) is 9.47. The van der Waals surface area contributed by atoms with Crippen LogP contribution in [0.1, 0.15) is 11.1 Å². The average molecular weight is 385 g/mol. The van der Waals surface area contributed by atoms with E-state index in [0.717, 1.165) is 17.8 Å². The molecule has 0 radical (unpaired) electrons. The van der Waals surface area contributed by atoms with Gasteiger partial charge in [-0.3, -0.25) is 0 Å². The molecule has 0 spiro atoms. The van der Waals surface area contributed by atoms with E-state index < -0.39 is 21.8 Å². The number of benzene rings is 1. The predicted octanol–water partition coefficient (Wildman–Crippen LogP) is 2.92. The van der Waals surface area contributed by atoms with Crippen LogP contribution in [0.2, 0.25) is 0 Å². The van der Waals surface area contributed by atoms with Crippen molar-refractivity contribution in [2.45, 2.75) is 18.0 Å². The zero-order chi connectivity index (χ0) is 18.9. The molecule has 0 bridgehead atoms. The molecular weight excluding hydrogens is 367 g/mol. The lowest BCUT2D eigenvalue weighted by Crippen LogP contribution is -2.48. The first-order chi connectivity index (χ1) is 12.2. The highest BCUT2D eigenvalue weighted by Crippen LogP contribution is 2.29. The van der Waals surface area contributed by atoms with E-state index in [1.807, 2.05) is 13.0 Å². The summed E-state index contributed by atoms with van der Waals surface area (Å²) < 4.78 is 64.6. The van der Waals surface area contributed by atoms with Crippen LogP contribution in [0, 0.1) is 6.92 Å². The molecule has 1 aliphatic rings. The maximum absolute atomic E-state index is 12.7. The highest BCUT2D eigenvalue weighted by molar-refractivity contribution is 7.89. The van der Waals surface area contributed by atoms with Gasteiger partial charge in [-0.25, -0.2) is 13.4 Å². The third-order valence-electron chi connectivity index (χ3n) is 4.27. The molecule has 0 amide bonds. The average Bonchev–Trinajstić information content (AvgIpc) is 2.61. The Balaban J connectivity index is 1.69. The summed E-state index contributed by atoms with van der Waals surface area (Å²) in [7, 11) is -3.58. The van der Waals surface area contributed by atoms with Crippen molar-refractivity contribution in [2.75, 3.05) is 31.1 Å². The molecule has 3 rings (SSSR count). The molecule has 2 aromatic rings. The number of pyridine rings is 1. The van der Waals surface area contributed by atoms with E-state index in [1.54, 1.807) is 23.1 Å². The minimum atomic E-state index is -4.42. The zero-order valence-corrected chi connectivity index (χ0v) is 14.9. The lowest BCUT2D eigenvalue weighted by Gasteiger charge is -2.34. The van der Waals surface area contributed by atoms with E-state index in [2.05, 4.69) is 4.98 Å². The number of sulfonamides is 1. The summed E-state index contributed by atoms with van der Waals surface area (Å²) in [5.74, 6) is 0.408. The summed E-state index contributed by atoms with van der Waals surface area (Å²) in [6.07, 6.45) is -3.63. The Hall–Kier alpha value is -2.13. The smallest absolute Gasteiger partial charge is 0.354 e. The van der Waals surface area contributed by atoms with Gasteiger partial charge in [0.25, 0.3) is 0 Å². The Morgan fingerprint density at radius 2 is 1.73 bits per heavy atom. The van der Waals surface area contributed by atoms with Gasteiger partial charge in [-0.1, -0.05) is 12.1 Å². The molecule has 0 saturated carbocycles. The number of hydrogen-bond donors (Lipinski definition) is 0. The fraction of sp³-hybridized carbons (Fsp3) is 0.353. The number of alkyl halides is 3. The standard InChI is InChI=1S/C17H18F3N3O2S/c1-13-3-2-4-15(11-13)26(24,25)23-9-7-22(8-10-23)16-6-5-14(12-21-16)17(18,19)20/h2-6,11-12H,7-10H2,1H3. The number of nitrogens with zero attached hydrogens (tertiary/aromatic N) is 3.